The predicted octanol–water partition coefficient (Wildman–Crippen LogP) is 3.81. The van der Waals surface area contributed by atoms with Crippen LogP contribution in [0.15, 0.2) is 48.5 Å². The lowest BCUT2D eigenvalue weighted by Crippen LogP contribution is -2.34. The third-order valence-electron chi connectivity index (χ3n) is 3.19. The van der Waals surface area contributed by atoms with Gasteiger partial charge in [-0.15, -0.1) is 0 Å². The number of halogens is 1. The molecule has 2 aromatic rings. The van der Waals surface area contributed by atoms with Crippen LogP contribution in [0.25, 0.3) is 0 Å². The van der Waals surface area contributed by atoms with Gasteiger partial charge < -0.3 is 15.4 Å². The molecule has 1 amide bonds. The maximum absolute atomic E-state index is 12.8. The molecule has 2 aromatic carbocycles. The smallest absolute Gasteiger partial charge is 0.226 e. The highest BCUT2D eigenvalue weighted by Gasteiger charge is 2.05. The summed E-state index contributed by atoms with van der Waals surface area (Å²) < 4.78 is 18.4. The second-order valence-corrected chi connectivity index (χ2v) is 5.68. The van der Waals surface area contributed by atoms with Gasteiger partial charge in [0.15, 0.2) is 5.11 Å². The number of ether oxygens (including phenoxy) is 1. The standard InChI is InChI=1S/C18H19FN2O2S/c1-13-4-10-16(11-5-13)23-12-2-3-17(22)21-18(24)20-15-8-6-14(19)7-9-15/h4-11H,2-3,12H2,1H3,(H2,20,21,22,24). The molecule has 0 fully saturated rings. The number of aryl methyl sites for hydroxylation is 1. The number of rotatable bonds is 6. The van der Waals surface area contributed by atoms with Gasteiger partial charge in [-0.05, 0) is 62.0 Å². The van der Waals surface area contributed by atoms with Gasteiger partial charge in [0.2, 0.25) is 5.91 Å². The number of nitrogens with one attached hydrogen (secondary N) is 2. The van der Waals surface area contributed by atoms with Crippen LogP contribution in [-0.4, -0.2) is 17.6 Å². The van der Waals surface area contributed by atoms with Crippen LogP contribution in [-0.2, 0) is 4.79 Å². The van der Waals surface area contributed by atoms with Crippen molar-refractivity contribution in [1.29, 1.82) is 0 Å². The molecule has 0 aliphatic heterocycles. The molecule has 0 heterocycles. The topological polar surface area (TPSA) is 50.4 Å². The molecule has 0 aromatic heterocycles. The Balaban J connectivity index is 1.64. The minimum Gasteiger partial charge on any atom is -0.494 e. The van der Waals surface area contributed by atoms with Crippen molar-refractivity contribution in [3.63, 3.8) is 0 Å². The van der Waals surface area contributed by atoms with E-state index in [2.05, 4.69) is 10.6 Å². The number of amides is 1. The van der Waals surface area contributed by atoms with E-state index in [1.54, 1.807) is 12.1 Å². The van der Waals surface area contributed by atoms with Crippen molar-refractivity contribution in [3.05, 3.63) is 59.9 Å². The molecule has 6 heteroatoms. The summed E-state index contributed by atoms with van der Waals surface area (Å²) in [6.45, 7) is 2.46. The summed E-state index contributed by atoms with van der Waals surface area (Å²) in [4.78, 5) is 11.8. The molecular weight excluding hydrogens is 327 g/mol. The van der Waals surface area contributed by atoms with Crippen molar-refractivity contribution in [2.45, 2.75) is 19.8 Å². The van der Waals surface area contributed by atoms with Gasteiger partial charge in [0.1, 0.15) is 11.6 Å². The summed E-state index contributed by atoms with van der Waals surface area (Å²) in [6, 6.07) is 13.5. The van der Waals surface area contributed by atoms with Crippen molar-refractivity contribution >= 4 is 28.9 Å². The Morgan fingerprint density at radius 1 is 1.12 bits per heavy atom. The van der Waals surface area contributed by atoms with E-state index in [0.717, 1.165) is 5.75 Å². The van der Waals surface area contributed by atoms with Crippen LogP contribution in [0.2, 0.25) is 0 Å². The molecule has 0 aliphatic carbocycles. The maximum Gasteiger partial charge on any atom is 0.226 e. The van der Waals surface area contributed by atoms with Crippen molar-refractivity contribution in [1.82, 2.24) is 5.32 Å². The highest BCUT2D eigenvalue weighted by molar-refractivity contribution is 7.80. The van der Waals surface area contributed by atoms with Crippen molar-refractivity contribution in [2.24, 2.45) is 0 Å². The van der Waals surface area contributed by atoms with Crippen LogP contribution in [0.3, 0.4) is 0 Å². The van der Waals surface area contributed by atoms with Crippen LogP contribution in [0, 0.1) is 12.7 Å². The van der Waals surface area contributed by atoms with E-state index in [-0.39, 0.29) is 16.8 Å². The van der Waals surface area contributed by atoms with Gasteiger partial charge in [-0.3, -0.25) is 4.79 Å². The molecule has 4 nitrogen and oxygen atoms in total. The highest BCUT2D eigenvalue weighted by atomic mass is 32.1. The molecule has 24 heavy (non-hydrogen) atoms. The first-order valence-electron chi connectivity index (χ1n) is 7.59. The fourth-order valence-electron chi connectivity index (χ4n) is 1.94. The molecule has 126 valence electrons. The molecule has 2 N–H and O–H groups in total. The number of benzene rings is 2. The average molecular weight is 346 g/mol. The Morgan fingerprint density at radius 3 is 2.46 bits per heavy atom. The van der Waals surface area contributed by atoms with Crippen molar-refractivity contribution in [2.75, 3.05) is 11.9 Å². The van der Waals surface area contributed by atoms with Crippen LogP contribution in [0.1, 0.15) is 18.4 Å². The van der Waals surface area contributed by atoms with Crippen LogP contribution < -0.4 is 15.4 Å². The fourth-order valence-corrected chi connectivity index (χ4v) is 2.17. The van der Waals surface area contributed by atoms with Gasteiger partial charge in [-0.1, -0.05) is 17.7 Å². The second-order valence-electron chi connectivity index (χ2n) is 5.27. The predicted molar refractivity (Wildman–Crippen MR) is 96.7 cm³/mol. The Hall–Kier alpha value is -2.47. The van der Waals surface area contributed by atoms with E-state index < -0.39 is 0 Å². The summed E-state index contributed by atoms with van der Waals surface area (Å²) in [5, 5.41) is 5.59. The first-order chi connectivity index (χ1) is 11.5. The zero-order valence-electron chi connectivity index (χ0n) is 13.3. The lowest BCUT2D eigenvalue weighted by Gasteiger charge is -2.10. The molecule has 0 spiro atoms. The number of anilines is 1. The molecule has 0 radical (unpaired) electrons. The summed E-state index contributed by atoms with van der Waals surface area (Å²) in [5.41, 5.74) is 1.79. The van der Waals surface area contributed by atoms with E-state index in [1.165, 1.54) is 17.7 Å². The lowest BCUT2D eigenvalue weighted by atomic mass is 10.2. The minimum atomic E-state index is -0.330. The number of carbonyl (C=O) groups is 1. The number of thiocarbonyl (C=S) groups is 1. The summed E-state index contributed by atoms with van der Waals surface area (Å²) in [6.07, 6.45) is 0.885. The quantitative estimate of drug-likeness (QED) is 0.617. The second kappa shape index (κ2) is 8.98. The number of carbonyl (C=O) groups excluding carboxylic acids is 1. The van der Waals surface area contributed by atoms with Gasteiger partial charge in [-0.25, -0.2) is 4.39 Å². The normalized spacial score (nSPS) is 10.1. The Bertz CT molecular complexity index is 687. The van der Waals surface area contributed by atoms with Gasteiger partial charge in [0, 0.05) is 12.1 Å². The molecule has 0 saturated carbocycles. The third-order valence-corrected chi connectivity index (χ3v) is 3.40. The summed E-state index contributed by atoms with van der Waals surface area (Å²) >= 11 is 5.04. The van der Waals surface area contributed by atoms with Crippen LogP contribution in [0.5, 0.6) is 5.75 Å². The molecule has 0 bridgehead atoms. The summed E-state index contributed by atoms with van der Waals surface area (Å²) in [7, 11) is 0. The maximum atomic E-state index is 12.8. The largest absolute Gasteiger partial charge is 0.494 e. The fraction of sp³-hybridized carbons (Fsp3) is 0.222. The first-order valence-corrected chi connectivity index (χ1v) is 7.99. The lowest BCUT2D eigenvalue weighted by molar-refractivity contribution is -0.119. The molecule has 0 unspecified atom stereocenters. The van der Waals surface area contributed by atoms with E-state index in [1.807, 2.05) is 31.2 Å². The van der Waals surface area contributed by atoms with Gasteiger partial charge in [-0.2, -0.15) is 0 Å². The third kappa shape index (κ3) is 6.34. The van der Waals surface area contributed by atoms with Crippen LogP contribution >= 0.6 is 12.2 Å². The molecule has 2 rings (SSSR count). The first kappa shape index (κ1) is 17.9. The SMILES string of the molecule is Cc1ccc(OCCCC(=O)NC(=S)Nc2ccc(F)cc2)cc1. The van der Waals surface area contributed by atoms with Gasteiger partial charge >= 0.3 is 0 Å². The molecule has 0 saturated heterocycles. The molecule has 0 atom stereocenters. The Kier molecular flexibility index (Phi) is 6.69. The monoisotopic (exact) mass is 346 g/mol. The number of hydrogen-bond donors (Lipinski definition) is 2. The van der Waals surface area contributed by atoms with E-state index in [9.17, 15) is 9.18 Å². The van der Waals surface area contributed by atoms with E-state index >= 15 is 0 Å². The number of hydrogen-bond acceptors (Lipinski definition) is 3. The van der Waals surface area contributed by atoms with Gasteiger partial charge in [0.25, 0.3) is 0 Å². The van der Waals surface area contributed by atoms with Crippen molar-refractivity contribution in [3.8, 4) is 5.75 Å². The summed E-state index contributed by atoms with van der Waals surface area (Å²) in [5.74, 6) is 0.265. The average Bonchev–Trinajstić information content (AvgIpc) is 2.55. The van der Waals surface area contributed by atoms with E-state index in [0.29, 0.717) is 25.1 Å². The molecule has 0 aliphatic rings. The zero-order chi connectivity index (χ0) is 17.4. The van der Waals surface area contributed by atoms with Crippen molar-refractivity contribution < 1.29 is 13.9 Å². The van der Waals surface area contributed by atoms with E-state index in [4.69, 9.17) is 17.0 Å². The van der Waals surface area contributed by atoms with Gasteiger partial charge in [0.05, 0.1) is 6.61 Å². The Morgan fingerprint density at radius 2 is 1.79 bits per heavy atom. The minimum absolute atomic E-state index is 0.186. The Labute approximate surface area is 146 Å². The zero-order valence-corrected chi connectivity index (χ0v) is 14.2. The van der Waals surface area contributed by atoms with Crippen LogP contribution in [0.4, 0.5) is 10.1 Å². The molecular formula is C18H19FN2O2S. The highest BCUT2D eigenvalue weighted by Crippen LogP contribution is 2.12.